The quantitative estimate of drug-likeness (QED) is 0.588. The summed E-state index contributed by atoms with van der Waals surface area (Å²) >= 11 is 0. The molecule has 1 saturated heterocycles. The first-order valence-corrected chi connectivity index (χ1v) is 4.59. The maximum Gasteiger partial charge on any atom is 0.417 e. The molecule has 1 fully saturated rings. The topological polar surface area (TPSA) is 72.9 Å². The van der Waals surface area contributed by atoms with Crippen LogP contribution in [0.25, 0.3) is 0 Å². The van der Waals surface area contributed by atoms with Crippen molar-refractivity contribution in [2.75, 3.05) is 14.2 Å². The van der Waals surface area contributed by atoms with Crippen LogP contribution >= 0.6 is 0 Å². The first-order valence-electron chi connectivity index (χ1n) is 4.59. The number of nitrogens with zero attached hydrogens (tertiary/aromatic N) is 1. The molecular weight excluding hydrogens is 202 g/mol. The number of ether oxygens (including phenoxy) is 2. The fraction of sp³-hybridized carbons (Fsp3) is 0.667. The molecule has 1 atom stereocenters. The molecule has 1 heterocycles. The van der Waals surface area contributed by atoms with Crippen molar-refractivity contribution in [1.29, 1.82) is 0 Å². The molecule has 2 amide bonds. The average molecular weight is 215 g/mol. The second-order valence-electron chi connectivity index (χ2n) is 3.16. The molecule has 0 aromatic carbocycles. The number of imide groups is 1. The maximum absolute atomic E-state index is 11.4. The summed E-state index contributed by atoms with van der Waals surface area (Å²) in [4.78, 5) is 34.9. The van der Waals surface area contributed by atoms with E-state index in [1.807, 2.05) is 0 Å². The zero-order valence-corrected chi connectivity index (χ0v) is 8.69. The van der Waals surface area contributed by atoms with Gasteiger partial charge in [0.15, 0.2) is 0 Å². The van der Waals surface area contributed by atoms with E-state index in [0.717, 1.165) is 4.90 Å². The Balaban J connectivity index is 2.86. The molecule has 15 heavy (non-hydrogen) atoms. The fourth-order valence-electron chi connectivity index (χ4n) is 1.56. The summed E-state index contributed by atoms with van der Waals surface area (Å²) in [6.45, 7) is 0. The molecule has 1 aliphatic rings. The molecule has 6 nitrogen and oxygen atoms in total. The third-order valence-corrected chi connectivity index (χ3v) is 2.29. The van der Waals surface area contributed by atoms with E-state index in [0.29, 0.717) is 12.8 Å². The highest BCUT2D eigenvalue weighted by atomic mass is 16.5. The lowest BCUT2D eigenvalue weighted by Gasteiger charge is -2.30. The number of carbonyl (C=O) groups is 3. The molecule has 0 aromatic rings. The summed E-state index contributed by atoms with van der Waals surface area (Å²) in [5, 5.41) is 0. The Hall–Kier alpha value is -1.59. The Morgan fingerprint density at radius 1 is 1.33 bits per heavy atom. The molecule has 0 spiro atoms. The van der Waals surface area contributed by atoms with E-state index in [4.69, 9.17) is 0 Å². The SMILES string of the molecule is COC(=O)[C@@H]1CCCC(=O)N1C(=O)OC. The summed E-state index contributed by atoms with van der Waals surface area (Å²) in [6.07, 6.45) is 0.442. The standard InChI is InChI=1S/C9H13NO5/c1-14-8(12)6-4-3-5-7(11)10(6)9(13)15-2/h6H,3-5H2,1-2H3/t6-/m0/s1. The lowest BCUT2D eigenvalue weighted by molar-refractivity contribution is -0.153. The van der Waals surface area contributed by atoms with Crippen LogP contribution in [-0.2, 0) is 19.1 Å². The van der Waals surface area contributed by atoms with Crippen LogP contribution in [-0.4, -0.2) is 43.1 Å². The van der Waals surface area contributed by atoms with Gasteiger partial charge in [-0.15, -0.1) is 0 Å². The van der Waals surface area contributed by atoms with Gasteiger partial charge in [-0.1, -0.05) is 0 Å². The van der Waals surface area contributed by atoms with Crippen LogP contribution in [0.2, 0.25) is 0 Å². The van der Waals surface area contributed by atoms with Crippen LogP contribution in [0.5, 0.6) is 0 Å². The number of esters is 1. The van der Waals surface area contributed by atoms with Crippen molar-refractivity contribution in [2.24, 2.45) is 0 Å². The van der Waals surface area contributed by atoms with E-state index in [9.17, 15) is 14.4 Å². The summed E-state index contributed by atoms with van der Waals surface area (Å²) in [5.74, 6) is -0.989. The van der Waals surface area contributed by atoms with Crippen LogP contribution in [0.1, 0.15) is 19.3 Å². The second-order valence-corrected chi connectivity index (χ2v) is 3.16. The zero-order chi connectivity index (χ0) is 11.4. The predicted molar refractivity (Wildman–Crippen MR) is 48.9 cm³/mol. The Morgan fingerprint density at radius 2 is 2.00 bits per heavy atom. The van der Waals surface area contributed by atoms with Gasteiger partial charge in [-0.25, -0.2) is 14.5 Å². The van der Waals surface area contributed by atoms with Crippen LogP contribution < -0.4 is 0 Å². The van der Waals surface area contributed by atoms with Gasteiger partial charge < -0.3 is 9.47 Å². The number of hydrogen-bond donors (Lipinski definition) is 0. The zero-order valence-electron chi connectivity index (χ0n) is 8.69. The number of carbonyl (C=O) groups excluding carboxylic acids is 3. The molecule has 0 aromatic heterocycles. The Kier molecular flexibility index (Phi) is 3.65. The van der Waals surface area contributed by atoms with Gasteiger partial charge in [0.1, 0.15) is 6.04 Å². The van der Waals surface area contributed by atoms with E-state index in [1.54, 1.807) is 0 Å². The molecule has 1 aliphatic heterocycles. The van der Waals surface area contributed by atoms with Crippen LogP contribution in [0.3, 0.4) is 0 Å². The molecule has 1 rings (SSSR count). The van der Waals surface area contributed by atoms with E-state index < -0.39 is 24.0 Å². The summed E-state index contributed by atoms with van der Waals surface area (Å²) in [7, 11) is 2.38. The van der Waals surface area contributed by atoms with E-state index in [-0.39, 0.29) is 6.42 Å². The van der Waals surface area contributed by atoms with Gasteiger partial charge >= 0.3 is 12.1 Å². The van der Waals surface area contributed by atoms with E-state index in [1.165, 1.54) is 14.2 Å². The molecule has 84 valence electrons. The molecule has 0 aliphatic carbocycles. The molecule has 0 radical (unpaired) electrons. The minimum Gasteiger partial charge on any atom is -0.467 e. The van der Waals surface area contributed by atoms with Crippen LogP contribution in [0.15, 0.2) is 0 Å². The minimum absolute atomic E-state index is 0.253. The smallest absolute Gasteiger partial charge is 0.417 e. The average Bonchev–Trinajstić information content (AvgIpc) is 2.26. The summed E-state index contributed by atoms with van der Waals surface area (Å²) in [6, 6.07) is -0.844. The monoisotopic (exact) mass is 215 g/mol. The van der Waals surface area contributed by atoms with Gasteiger partial charge in [0.05, 0.1) is 14.2 Å². The van der Waals surface area contributed by atoms with Crippen molar-refractivity contribution >= 4 is 18.0 Å². The predicted octanol–water partition coefficient (Wildman–Crippen LogP) is 0.307. The molecule has 0 N–H and O–H groups in total. The first kappa shape index (κ1) is 11.5. The van der Waals surface area contributed by atoms with Crippen LogP contribution in [0.4, 0.5) is 4.79 Å². The van der Waals surface area contributed by atoms with Gasteiger partial charge in [0.25, 0.3) is 0 Å². The second kappa shape index (κ2) is 4.77. The first-order chi connectivity index (χ1) is 7.11. The highest BCUT2D eigenvalue weighted by molar-refractivity contribution is 5.97. The molecule has 0 unspecified atom stereocenters. The van der Waals surface area contributed by atoms with Crippen molar-refractivity contribution < 1.29 is 23.9 Å². The number of amides is 2. The summed E-state index contributed by atoms with van der Waals surface area (Å²) < 4.78 is 8.97. The van der Waals surface area contributed by atoms with Gasteiger partial charge in [-0.05, 0) is 12.8 Å². The fourth-order valence-corrected chi connectivity index (χ4v) is 1.56. The third-order valence-electron chi connectivity index (χ3n) is 2.29. The molecule has 6 heteroatoms. The number of piperidine rings is 1. The Labute approximate surface area is 87.1 Å². The van der Waals surface area contributed by atoms with Gasteiger partial charge in [-0.3, -0.25) is 4.79 Å². The Bertz CT molecular complexity index is 280. The highest BCUT2D eigenvalue weighted by Crippen LogP contribution is 2.20. The molecule has 0 bridgehead atoms. The van der Waals surface area contributed by atoms with Crippen molar-refractivity contribution in [3.05, 3.63) is 0 Å². The number of likely N-dealkylation sites (tertiary alicyclic amines) is 1. The van der Waals surface area contributed by atoms with Crippen LogP contribution in [0, 0.1) is 0 Å². The van der Waals surface area contributed by atoms with Crippen molar-refractivity contribution in [1.82, 2.24) is 4.90 Å². The molecular formula is C9H13NO5. The van der Waals surface area contributed by atoms with E-state index >= 15 is 0 Å². The van der Waals surface area contributed by atoms with Gasteiger partial charge in [-0.2, -0.15) is 0 Å². The lowest BCUT2D eigenvalue weighted by atomic mass is 10.0. The van der Waals surface area contributed by atoms with Crippen molar-refractivity contribution in [3.63, 3.8) is 0 Å². The largest absolute Gasteiger partial charge is 0.467 e. The summed E-state index contributed by atoms with van der Waals surface area (Å²) in [5.41, 5.74) is 0. The highest BCUT2D eigenvalue weighted by Gasteiger charge is 2.38. The number of rotatable bonds is 1. The van der Waals surface area contributed by atoms with Gasteiger partial charge in [0.2, 0.25) is 5.91 Å². The third kappa shape index (κ3) is 2.26. The minimum atomic E-state index is -0.844. The number of methoxy groups -OCH3 is 2. The van der Waals surface area contributed by atoms with Crippen molar-refractivity contribution in [3.8, 4) is 0 Å². The lowest BCUT2D eigenvalue weighted by Crippen LogP contribution is -2.51. The Morgan fingerprint density at radius 3 is 2.53 bits per heavy atom. The van der Waals surface area contributed by atoms with Crippen molar-refractivity contribution in [2.45, 2.75) is 25.3 Å². The van der Waals surface area contributed by atoms with E-state index in [2.05, 4.69) is 9.47 Å². The number of hydrogen-bond acceptors (Lipinski definition) is 5. The normalized spacial score (nSPS) is 21.1. The molecule has 0 saturated carbocycles. The van der Waals surface area contributed by atoms with Gasteiger partial charge in [0, 0.05) is 6.42 Å². The maximum atomic E-state index is 11.4.